The Morgan fingerprint density at radius 2 is 1.89 bits per heavy atom. The lowest BCUT2D eigenvalue weighted by Gasteiger charge is -2.11. The fraction of sp³-hybridized carbons (Fsp3) is 0.286. The van der Waals surface area contributed by atoms with Crippen LogP contribution in [0.3, 0.4) is 0 Å². The first kappa shape index (κ1) is 13.1. The summed E-state index contributed by atoms with van der Waals surface area (Å²) in [5.41, 5.74) is 1.87. The smallest absolute Gasteiger partial charge is 0.251 e. The van der Waals surface area contributed by atoms with Gasteiger partial charge >= 0.3 is 0 Å². The summed E-state index contributed by atoms with van der Waals surface area (Å²) < 4.78 is 0. The summed E-state index contributed by atoms with van der Waals surface area (Å²) in [6.45, 7) is 3.46. The maximum absolute atomic E-state index is 12.0. The SMILES string of the molecule is CCC(=O)C(C)NC(=O)c1ccc2nccnc2c1. The van der Waals surface area contributed by atoms with E-state index in [1.807, 2.05) is 0 Å². The lowest BCUT2D eigenvalue weighted by Crippen LogP contribution is -2.38. The lowest BCUT2D eigenvalue weighted by atomic mass is 10.1. The number of hydrogen-bond donors (Lipinski definition) is 1. The van der Waals surface area contributed by atoms with Crippen molar-refractivity contribution in [3.63, 3.8) is 0 Å². The molecule has 98 valence electrons. The molecule has 1 N–H and O–H groups in total. The topological polar surface area (TPSA) is 72.0 Å². The fourth-order valence-electron chi connectivity index (χ4n) is 1.77. The summed E-state index contributed by atoms with van der Waals surface area (Å²) in [6.07, 6.45) is 3.59. The molecule has 1 heterocycles. The highest BCUT2D eigenvalue weighted by Crippen LogP contribution is 2.11. The van der Waals surface area contributed by atoms with Crippen LogP contribution in [0.1, 0.15) is 30.6 Å². The number of benzene rings is 1. The predicted octanol–water partition coefficient (Wildman–Crippen LogP) is 1.73. The normalized spacial score (nSPS) is 12.1. The number of nitrogens with zero attached hydrogens (tertiary/aromatic N) is 2. The molecule has 1 unspecified atom stereocenters. The molecule has 0 saturated heterocycles. The molecule has 2 rings (SSSR count). The Morgan fingerprint density at radius 1 is 1.21 bits per heavy atom. The molecule has 1 atom stereocenters. The molecule has 2 aromatic rings. The average Bonchev–Trinajstić information content (AvgIpc) is 2.45. The van der Waals surface area contributed by atoms with Crippen molar-refractivity contribution in [1.29, 1.82) is 0 Å². The molecule has 0 saturated carbocycles. The van der Waals surface area contributed by atoms with Crippen molar-refractivity contribution in [3.8, 4) is 0 Å². The lowest BCUT2D eigenvalue weighted by molar-refractivity contribution is -0.120. The zero-order valence-corrected chi connectivity index (χ0v) is 10.9. The first-order chi connectivity index (χ1) is 9.11. The van der Waals surface area contributed by atoms with E-state index in [-0.39, 0.29) is 11.7 Å². The van der Waals surface area contributed by atoms with Crippen LogP contribution >= 0.6 is 0 Å². The van der Waals surface area contributed by atoms with E-state index in [4.69, 9.17) is 0 Å². The van der Waals surface area contributed by atoms with Gasteiger partial charge in [0, 0.05) is 24.4 Å². The summed E-state index contributed by atoms with van der Waals surface area (Å²) in [4.78, 5) is 31.7. The first-order valence-electron chi connectivity index (χ1n) is 6.16. The van der Waals surface area contributed by atoms with Gasteiger partial charge in [0.2, 0.25) is 0 Å². The summed E-state index contributed by atoms with van der Waals surface area (Å²) >= 11 is 0. The standard InChI is InChI=1S/C14H15N3O2/c1-3-13(18)9(2)17-14(19)10-4-5-11-12(8-10)16-7-6-15-11/h4-9H,3H2,1-2H3,(H,17,19). The van der Waals surface area contributed by atoms with Crippen LogP contribution < -0.4 is 5.32 Å². The summed E-state index contributed by atoms with van der Waals surface area (Å²) in [5.74, 6) is -0.268. The van der Waals surface area contributed by atoms with E-state index in [1.165, 1.54) is 0 Å². The molecule has 1 aromatic heterocycles. The Balaban J connectivity index is 2.19. The fourth-order valence-corrected chi connectivity index (χ4v) is 1.77. The van der Waals surface area contributed by atoms with Crippen LogP contribution in [-0.4, -0.2) is 27.7 Å². The molecule has 0 radical (unpaired) electrons. The van der Waals surface area contributed by atoms with E-state index in [9.17, 15) is 9.59 Å². The molecule has 1 aromatic carbocycles. The van der Waals surface area contributed by atoms with Gasteiger partial charge in [0.25, 0.3) is 5.91 Å². The van der Waals surface area contributed by atoms with Crippen molar-refractivity contribution >= 4 is 22.7 Å². The van der Waals surface area contributed by atoms with Gasteiger partial charge in [0.15, 0.2) is 5.78 Å². The largest absolute Gasteiger partial charge is 0.343 e. The van der Waals surface area contributed by atoms with Gasteiger partial charge in [-0.15, -0.1) is 0 Å². The Bertz CT molecular complexity index is 625. The van der Waals surface area contributed by atoms with Gasteiger partial charge in [-0.2, -0.15) is 0 Å². The molecular formula is C14H15N3O2. The molecule has 0 spiro atoms. The molecule has 0 aliphatic heterocycles. The second-order valence-corrected chi connectivity index (χ2v) is 4.27. The molecule has 0 aliphatic rings. The monoisotopic (exact) mass is 257 g/mol. The minimum atomic E-state index is -0.477. The third kappa shape index (κ3) is 2.93. The Kier molecular flexibility index (Phi) is 3.85. The molecular weight excluding hydrogens is 242 g/mol. The number of ketones is 1. The summed E-state index contributed by atoms with van der Waals surface area (Å²) in [6, 6.07) is 4.61. The van der Waals surface area contributed by atoms with Crippen molar-refractivity contribution in [1.82, 2.24) is 15.3 Å². The van der Waals surface area contributed by atoms with Crippen LogP contribution in [0, 0.1) is 0 Å². The number of rotatable bonds is 4. The molecule has 0 fully saturated rings. The number of amides is 1. The molecule has 19 heavy (non-hydrogen) atoms. The molecule has 5 nitrogen and oxygen atoms in total. The highest BCUT2D eigenvalue weighted by atomic mass is 16.2. The highest BCUT2D eigenvalue weighted by Gasteiger charge is 2.15. The number of nitrogens with one attached hydrogen (secondary N) is 1. The van der Waals surface area contributed by atoms with Crippen LogP contribution in [0.2, 0.25) is 0 Å². The van der Waals surface area contributed by atoms with Crippen molar-refractivity contribution in [2.24, 2.45) is 0 Å². The van der Waals surface area contributed by atoms with E-state index in [0.717, 1.165) is 5.52 Å². The maximum Gasteiger partial charge on any atom is 0.251 e. The summed E-state index contributed by atoms with van der Waals surface area (Å²) in [7, 11) is 0. The van der Waals surface area contributed by atoms with Crippen LogP contribution in [-0.2, 0) is 4.79 Å². The van der Waals surface area contributed by atoms with E-state index in [1.54, 1.807) is 44.4 Å². The Labute approximate surface area is 111 Å². The third-order valence-corrected chi connectivity index (χ3v) is 2.91. The van der Waals surface area contributed by atoms with Crippen molar-refractivity contribution in [3.05, 3.63) is 36.2 Å². The van der Waals surface area contributed by atoms with Gasteiger partial charge in [0.05, 0.1) is 17.1 Å². The third-order valence-electron chi connectivity index (χ3n) is 2.91. The van der Waals surface area contributed by atoms with Gasteiger partial charge in [0.1, 0.15) is 0 Å². The van der Waals surface area contributed by atoms with E-state index >= 15 is 0 Å². The molecule has 0 bridgehead atoms. The van der Waals surface area contributed by atoms with Crippen molar-refractivity contribution in [2.75, 3.05) is 0 Å². The number of fused-ring (bicyclic) bond motifs is 1. The quantitative estimate of drug-likeness (QED) is 0.905. The second kappa shape index (κ2) is 5.56. The van der Waals surface area contributed by atoms with Gasteiger partial charge in [-0.05, 0) is 25.1 Å². The van der Waals surface area contributed by atoms with Crippen LogP contribution in [0.15, 0.2) is 30.6 Å². The van der Waals surface area contributed by atoms with E-state index < -0.39 is 6.04 Å². The molecule has 1 amide bonds. The zero-order valence-electron chi connectivity index (χ0n) is 10.9. The average molecular weight is 257 g/mol. The van der Waals surface area contributed by atoms with E-state index in [2.05, 4.69) is 15.3 Å². The Hall–Kier alpha value is -2.30. The minimum Gasteiger partial charge on any atom is -0.343 e. The Morgan fingerprint density at radius 3 is 2.58 bits per heavy atom. The predicted molar refractivity (Wildman–Crippen MR) is 71.8 cm³/mol. The van der Waals surface area contributed by atoms with Crippen LogP contribution in [0.4, 0.5) is 0 Å². The molecule has 0 aliphatic carbocycles. The second-order valence-electron chi connectivity index (χ2n) is 4.27. The minimum absolute atomic E-state index is 0.00827. The number of carbonyl (C=O) groups excluding carboxylic acids is 2. The first-order valence-corrected chi connectivity index (χ1v) is 6.16. The number of Topliss-reactive ketones (excluding diaryl/α,β-unsaturated/α-hetero) is 1. The number of carbonyl (C=O) groups is 2. The van der Waals surface area contributed by atoms with Gasteiger partial charge in [-0.1, -0.05) is 6.92 Å². The van der Waals surface area contributed by atoms with Gasteiger partial charge in [-0.3, -0.25) is 19.6 Å². The van der Waals surface area contributed by atoms with Gasteiger partial charge < -0.3 is 5.32 Å². The summed E-state index contributed by atoms with van der Waals surface area (Å²) in [5, 5.41) is 2.67. The zero-order chi connectivity index (χ0) is 13.8. The van der Waals surface area contributed by atoms with Gasteiger partial charge in [-0.25, -0.2) is 0 Å². The highest BCUT2D eigenvalue weighted by molar-refractivity contribution is 5.99. The van der Waals surface area contributed by atoms with Crippen molar-refractivity contribution < 1.29 is 9.59 Å². The van der Waals surface area contributed by atoms with E-state index in [0.29, 0.717) is 17.5 Å². The van der Waals surface area contributed by atoms with Crippen LogP contribution in [0.5, 0.6) is 0 Å². The number of hydrogen-bond acceptors (Lipinski definition) is 4. The van der Waals surface area contributed by atoms with Crippen LogP contribution in [0.25, 0.3) is 11.0 Å². The van der Waals surface area contributed by atoms with Crippen molar-refractivity contribution in [2.45, 2.75) is 26.3 Å². The molecule has 5 heteroatoms. The maximum atomic E-state index is 12.0. The number of aromatic nitrogens is 2.